The molecule has 2 aliphatic rings. The van der Waals surface area contributed by atoms with Crippen molar-refractivity contribution in [2.45, 2.75) is 25.3 Å². The highest BCUT2D eigenvalue weighted by Crippen LogP contribution is 2.51. The van der Waals surface area contributed by atoms with E-state index >= 15 is 0 Å². The van der Waals surface area contributed by atoms with Crippen LogP contribution in [0.25, 0.3) is 11.1 Å². The zero-order chi connectivity index (χ0) is 16.6. The monoisotopic (exact) mass is 320 g/mol. The van der Waals surface area contributed by atoms with Gasteiger partial charge in [0.1, 0.15) is 0 Å². The van der Waals surface area contributed by atoms with Crippen molar-refractivity contribution < 1.29 is 4.79 Å². The van der Waals surface area contributed by atoms with Crippen LogP contribution in [0, 0.1) is 5.41 Å². The van der Waals surface area contributed by atoms with Gasteiger partial charge in [-0.3, -0.25) is 4.79 Å². The lowest BCUT2D eigenvalue weighted by atomic mass is 9.98. The van der Waals surface area contributed by atoms with E-state index in [4.69, 9.17) is 0 Å². The van der Waals surface area contributed by atoms with Crippen molar-refractivity contribution in [3.63, 3.8) is 0 Å². The summed E-state index contributed by atoms with van der Waals surface area (Å²) in [5.41, 5.74) is 3.86. The average Bonchev–Trinajstić information content (AvgIpc) is 3.27. The smallest absolute Gasteiger partial charge is 0.227 e. The van der Waals surface area contributed by atoms with Gasteiger partial charge in [0.05, 0.1) is 12.5 Å². The maximum Gasteiger partial charge on any atom is 0.227 e. The summed E-state index contributed by atoms with van der Waals surface area (Å²) in [5.74, 6) is 0.224. The second-order valence-corrected chi connectivity index (χ2v) is 7.25. The molecule has 124 valence electrons. The van der Waals surface area contributed by atoms with Gasteiger partial charge in [-0.15, -0.1) is 0 Å². The van der Waals surface area contributed by atoms with E-state index < -0.39 is 0 Å². The molecule has 0 bridgehead atoms. The molecule has 1 saturated heterocycles. The van der Waals surface area contributed by atoms with Crippen molar-refractivity contribution in [2.24, 2.45) is 5.41 Å². The lowest BCUT2D eigenvalue weighted by Gasteiger charge is -2.29. The lowest BCUT2D eigenvalue weighted by Crippen LogP contribution is -2.43. The Morgan fingerprint density at radius 3 is 2.42 bits per heavy atom. The zero-order valence-corrected chi connectivity index (χ0v) is 14.2. The molecular formula is C21H24N2O. The topological polar surface area (TPSA) is 32.3 Å². The minimum Gasteiger partial charge on any atom is -0.341 e. The molecule has 1 unspecified atom stereocenters. The van der Waals surface area contributed by atoms with Crippen molar-refractivity contribution in [2.75, 3.05) is 20.1 Å². The van der Waals surface area contributed by atoms with Gasteiger partial charge < -0.3 is 10.2 Å². The first-order chi connectivity index (χ1) is 11.7. The predicted octanol–water partition coefficient (Wildman–Crippen LogP) is 3.11. The molecule has 0 radical (unpaired) electrons. The van der Waals surface area contributed by atoms with E-state index in [1.165, 1.54) is 24.0 Å². The van der Waals surface area contributed by atoms with E-state index in [2.05, 4.69) is 41.7 Å². The average molecular weight is 320 g/mol. The Labute approximate surface area is 143 Å². The van der Waals surface area contributed by atoms with Crippen LogP contribution in [0.1, 0.15) is 18.4 Å². The Balaban J connectivity index is 1.42. The predicted molar refractivity (Wildman–Crippen MR) is 96.7 cm³/mol. The highest BCUT2D eigenvalue weighted by atomic mass is 16.2. The standard InChI is InChI=1S/C21H24N2O/c1-23(19-14-22-15-21(19)11-12-21)20(24)13-16-7-9-18(10-8-16)17-5-3-2-4-6-17/h2-10,19,22H,11-15H2,1H3. The number of likely N-dealkylation sites (N-methyl/N-ethyl adjacent to an activating group) is 1. The normalized spacial score (nSPS) is 21.0. The third kappa shape index (κ3) is 2.84. The molecule has 24 heavy (non-hydrogen) atoms. The first-order valence-electron chi connectivity index (χ1n) is 8.79. The Kier molecular flexibility index (Phi) is 3.89. The van der Waals surface area contributed by atoms with Crippen molar-refractivity contribution in [1.82, 2.24) is 10.2 Å². The molecule has 1 amide bonds. The molecule has 1 atom stereocenters. The summed E-state index contributed by atoms with van der Waals surface area (Å²) in [6, 6.07) is 19.1. The van der Waals surface area contributed by atoms with Gasteiger partial charge in [-0.1, -0.05) is 54.6 Å². The fourth-order valence-corrected chi connectivity index (χ4v) is 3.93. The van der Waals surface area contributed by atoms with E-state index in [0.29, 0.717) is 17.9 Å². The van der Waals surface area contributed by atoms with Crippen molar-refractivity contribution in [3.05, 3.63) is 60.2 Å². The van der Waals surface area contributed by atoms with Gasteiger partial charge >= 0.3 is 0 Å². The van der Waals surface area contributed by atoms with Crippen LogP contribution in [0.15, 0.2) is 54.6 Å². The van der Waals surface area contributed by atoms with Crippen LogP contribution in [0.5, 0.6) is 0 Å². The summed E-state index contributed by atoms with van der Waals surface area (Å²) >= 11 is 0. The number of benzene rings is 2. The van der Waals surface area contributed by atoms with Gasteiger partial charge in [0, 0.05) is 25.6 Å². The minimum atomic E-state index is 0.224. The Bertz CT molecular complexity index is 719. The highest BCUT2D eigenvalue weighted by Gasteiger charge is 2.54. The quantitative estimate of drug-likeness (QED) is 0.939. The third-order valence-corrected chi connectivity index (χ3v) is 5.69. The number of nitrogens with one attached hydrogen (secondary N) is 1. The van der Waals surface area contributed by atoms with Crippen LogP contribution >= 0.6 is 0 Å². The van der Waals surface area contributed by atoms with Crippen LogP contribution in [0.3, 0.4) is 0 Å². The molecule has 4 rings (SSSR count). The fraction of sp³-hybridized carbons (Fsp3) is 0.381. The third-order valence-electron chi connectivity index (χ3n) is 5.69. The zero-order valence-electron chi connectivity index (χ0n) is 14.2. The van der Waals surface area contributed by atoms with E-state index in [-0.39, 0.29) is 5.91 Å². The molecular weight excluding hydrogens is 296 g/mol. The number of carbonyl (C=O) groups excluding carboxylic acids is 1. The molecule has 3 nitrogen and oxygen atoms in total. The van der Waals surface area contributed by atoms with Gasteiger partial charge in [-0.05, 0) is 29.5 Å². The summed E-state index contributed by atoms with van der Waals surface area (Å²) < 4.78 is 0. The summed E-state index contributed by atoms with van der Waals surface area (Å²) in [7, 11) is 1.97. The van der Waals surface area contributed by atoms with Gasteiger partial charge in [0.15, 0.2) is 0 Å². The first-order valence-corrected chi connectivity index (χ1v) is 8.79. The van der Waals surface area contributed by atoms with E-state index in [1.54, 1.807) is 0 Å². The summed E-state index contributed by atoms with van der Waals surface area (Å²) in [6.07, 6.45) is 3.00. The highest BCUT2D eigenvalue weighted by molar-refractivity contribution is 5.79. The maximum atomic E-state index is 12.7. The molecule has 1 saturated carbocycles. The number of nitrogens with zero attached hydrogens (tertiary/aromatic N) is 1. The van der Waals surface area contributed by atoms with Crippen molar-refractivity contribution in [3.8, 4) is 11.1 Å². The van der Waals surface area contributed by atoms with Crippen LogP contribution in [0.4, 0.5) is 0 Å². The summed E-state index contributed by atoms with van der Waals surface area (Å²) in [6.45, 7) is 2.01. The van der Waals surface area contributed by atoms with Gasteiger partial charge in [-0.25, -0.2) is 0 Å². The second kappa shape index (κ2) is 6.06. The van der Waals surface area contributed by atoms with Crippen LogP contribution < -0.4 is 5.32 Å². The molecule has 2 aromatic rings. The van der Waals surface area contributed by atoms with Gasteiger partial charge in [0.25, 0.3) is 0 Å². The SMILES string of the molecule is CN(C(=O)Cc1ccc(-c2ccccc2)cc1)C1CNCC12CC2. The van der Waals surface area contributed by atoms with Crippen LogP contribution in [-0.2, 0) is 11.2 Å². The second-order valence-electron chi connectivity index (χ2n) is 7.25. The van der Waals surface area contributed by atoms with Crippen molar-refractivity contribution in [1.29, 1.82) is 0 Å². The molecule has 1 spiro atoms. The number of hydrogen-bond donors (Lipinski definition) is 1. The first kappa shape index (κ1) is 15.4. The molecule has 1 heterocycles. The number of hydrogen-bond acceptors (Lipinski definition) is 2. The Morgan fingerprint density at radius 2 is 1.75 bits per heavy atom. The lowest BCUT2D eigenvalue weighted by molar-refractivity contribution is -0.131. The largest absolute Gasteiger partial charge is 0.341 e. The molecule has 1 aliphatic carbocycles. The van der Waals surface area contributed by atoms with E-state index in [0.717, 1.165) is 18.7 Å². The molecule has 1 aliphatic heterocycles. The number of amides is 1. The molecule has 0 aromatic heterocycles. The van der Waals surface area contributed by atoms with Crippen LogP contribution in [0.2, 0.25) is 0 Å². The van der Waals surface area contributed by atoms with Crippen molar-refractivity contribution >= 4 is 5.91 Å². The van der Waals surface area contributed by atoms with Gasteiger partial charge in [-0.2, -0.15) is 0 Å². The maximum absolute atomic E-state index is 12.7. The van der Waals surface area contributed by atoms with Gasteiger partial charge in [0.2, 0.25) is 5.91 Å². The van der Waals surface area contributed by atoms with Crippen LogP contribution in [-0.4, -0.2) is 37.0 Å². The van der Waals surface area contributed by atoms with E-state index in [1.807, 2.05) is 30.1 Å². The molecule has 3 heteroatoms. The minimum absolute atomic E-state index is 0.224. The molecule has 1 N–H and O–H groups in total. The van der Waals surface area contributed by atoms with E-state index in [9.17, 15) is 4.79 Å². The summed E-state index contributed by atoms with van der Waals surface area (Å²) in [4.78, 5) is 14.7. The fourth-order valence-electron chi connectivity index (χ4n) is 3.93. The number of rotatable bonds is 4. The molecule has 2 aromatic carbocycles. The summed E-state index contributed by atoms with van der Waals surface area (Å²) in [5, 5.41) is 3.46. The Morgan fingerprint density at radius 1 is 1.08 bits per heavy atom. The Hall–Kier alpha value is -2.13. The number of carbonyl (C=O) groups is 1. The molecule has 2 fully saturated rings.